The van der Waals surface area contributed by atoms with Gasteiger partial charge in [-0.25, -0.2) is 9.99 Å². The summed E-state index contributed by atoms with van der Waals surface area (Å²) in [5.41, 5.74) is 7.83. The molecule has 0 bridgehead atoms. The Balaban J connectivity index is 1.47. The molecule has 1 aliphatic rings. The maximum Gasteiger partial charge on any atom is 0.573 e. The number of thiazole rings is 1. The molecule has 0 fully saturated rings. The lowest BCUT2D eigenvalue weighted by Crippen LogP contribution is -2.26. The van der Waals surface area contributed by atoms with Crippen LogP contribution in [0.3, 0.4) is 0 Å². The van der Waals surface area contributed by atoms with Crippen molar-refractivity contribution in [3.8, 4) is 34.5 Å². The lowest BCUT2D eigenvalue weighted by Gasteiger charge is -2.22. The molecule has 248 valence electrons. The van der Waals surface area contributed by atoms with Crippen LogP contribution >= 0.6 is 11.3 Å². The van der Waals surface area contributed by atoms with Gasteiger partial charge in [-0.1, -0.05) is 6.07 Å². The fourth-order valence-electron chi connectivity index (χ4n) is 5.06. The highest BCUT2D eigenvalue weighted by Gasteiger charge is 2.34. The Labute approximate surface area is 270 Å². The molecule has 2 amide bonds. The SMILES string of the molecule is COc1ccc(C2CC(c3cc(OC)c(OC)c(OC)c3)=NN2C(C)=O)cc1OC(C(N)=O)c1nc2ccc(OC(F)(F)F)cc2s1. The Morgan fingerprint density at radius 2 is 1.62 bits per heavy atom. The van der Waals surface area contributed by atoms with E-state index in [-0.39, 0.29) is 22.4 Å². The van der Waals surface area contributed by atoms with Crippen LogP contribution in [0.2, 0.25) is 0 Å². The second-order valence-electron chi connectivity index (χ2n) is 10.1. The summed E-state index contributed by atoms with van der Waals surface area (Å²) < 4.78 is 70.4. The predicted octanol–water partition coefficient (Wildman–Crippen LogP) is 5.53. The zero-order valence-corrected chi connectivity index (χ0v) is 26.5. The summed E-state index contributed by atoms with van der Waals surface area (Å²) in [6.07, 6.45) is -6.01. The van der Waals surface area contributed by atoms with Gasteiger partial charge in [-0.3, -0.25) is 9.59 Å². The molecular formula is C31H29F3N4O8S. The lowest BCUT2D eigenvalue weighted by molar-refractivity contribution is -0.274. The topological polar surface area (TPSA) is 144 Å². The van der Waals surface area contributed by atoms with Crippen molar-refractivity contribution in [1.82, 2.24) is 9.99 Å². The molecule has 0 aliphatic carbocycles. The number of rotatable bonds is 11. The number of carbonyl (C=O) groups is 2. The molecule has 12 nitrogen and oxygen atoms in total. The van der Waals surface area contributed by atoms with Crippen LogP contribution in [0, 0.1) is 0 Å². The van der Waals surface area contributed by atoms with E-state index in [1.54, 1.807) is 30.3 Å². The molecule has 0 spiro atoms. The van der Waals surface area contributed by atoms with Gasteiger partial charge in [0, 0.05) is 18.9 Å². The summed E-state index contributed by atoms with van der Waals surface area (Å²) in [5, 5.41) is 6.04. The number of hydrazone groups is 1. The minimum atomic E-state index is -4.88. The summed E-state index contributed by atoms with van der Waals surface area (Å²) in [6, 6.07) is 11.4. The van der Waals surface area contributed by atoms with Gasteiger partial charge < -0.3 is 34.2 Å². The third-order valence-electron chi connectivity index (χ3n) is 7.14. The summed E-state index contributed by atoms with van der Waals surface area (Å²) in [7, 11) is 5.89. The van der Waals surface area contributed by atoms with E-state index in [2.05, 4.69) is 14.8 Å². The predicted molar refractivity (Wildman–Crippen MR) is 164 cm³/mol. The highest BCUT2D eigenvalue weighted by atomic mass is 32.1. The number of halogens is 3. The molecule has 4 aromatic rings. The highest BCUT2D eigenvalue weighted by molar-refractivity contribution is 7.18. The molecule has 1 aromatic heterocycles. The molecular weight excluding hydrogens is 645 g/mol. The van der Waals surface area contributed by atoms with Crippen molar-refractivity contribution in [3.63, 3.8) is 0 Å². The molecule has 0 saturated heterocycles. The second kappa shape index (κ2) is 13.2. The number of carbonyl (C=O) groups excluding carboxylic acids is 2. The van der Waals surface area contributed by atoms with Crippen LogP contribution in [0.25, 0.3) is 10.2 Å². The fourth-order valence-corrected chi connectivity index (χ4v) is 6.10. The average Bonchev–Trinajstić information content (AvgIpc) is 3.67. The van der Waals surface area contributed by atoms with Gasteiger partial charge in [-0.05, 0) is 48.0 Å². The van der Waals surface area contributed by atoms with E-state index >= 15 is 0 Å². The molecule has 2 heterocycles. The zero-order valence-electron chi connectivity index (χ0n) is 25.7. The zero-order chi connectivity index (χ0) is 34.0. The number of alkyl halides is 3. The van der Waals surface area contributed by atoms with Crippen molar-refractivity contribution in [1.29, 1.82) is 0 Å². The standard InChI is InChI=1S/C31H29F3N4O8S/c1-15(39)38-21(14-20(37-38)17-11-24(42-3)27(44-5)25(12-17)43-4)16-6-9-22(41-2)23(10-16)45-28(29(35)40)30-36-19-8-7-18(13-26(19)47-30)46-31(32,33)34/h6-13,21,28H,14H2,1-5H3,(H2,35,40). The number of hydrogen-bond donors (Lipinski definition) is 1. The number of amides is 2. The summed E-state index contributed by atoms with van der Waals surface area (Å²) in [6.45, 7) is 1.39. The number of nitrogens with zero attached hydrogens (tertiary/aromatic N) is 3. The van der Waals surface area contributed by atoms with Gasteiger partial charge in [-0.2, -0.15) is 5.10 Å². The molecule has 0 radical (unpaired) electrons. The molecule has 2 unspecified atom stereocenters. The summed E-state index contributed by atoms with van der Waals surface area (Å²) in [5.74, 6) is -0.0687. The first-order chi connectivity index (χ1) is 22.3. The normalized spacial score (nSPS) is 15.2. The van der Waals surface area contributed by atoms with Gasteiger partial charge in [-0.15, -0.1) is 24.5 Å². The van der Waals surface area contributed by atoms with E-state index in [1.807, 2.05) is 0 Å². The average molecular weight is 675 g/mol. The number of hydrogen-bond acceptors (Lipinski definition) is 11. The van der Waals surface area contributed by atoms with Gasteiger partial charge >= 0.3 is 6.36 Å². The molecule has 0 saturated carbocycles. The Kier molecular flexibility index (Phi) is 9.33. The smallest absolute Gasteiger partial charge is 0.493 e. The number of ether oxygens (including phenoxy) is 6. The monoisotopic (exact) mass is 674 g/mol. The van der Waals surface area contributed by atoms with E-state index < -0.39 is 30.2 Å². The first-order valence-electron chi connectivity index (χ1n) is 13.8. The van der Waals surface area contributed by atoms with Crippen LogP contribution < -0.4 is 34.2 Å². The van der Waals surface area contributed by atoms with Crippen molar-refractivity contribution < 1.29 is 51.2 Å². The molecule has 16 heteroatoms. The van der Waals surface area contributed by atoms with Crippen LogP contribution in [0.1, 0.15) is 41.6 Å². The van der Waals surface area contributed by atoms with E-state index in [1.165, 1.54) is 46.4 Å². The largest absolute Gasteiger partial charge is 0.573 e. The maximum absolute atomic E-state index is 12.8. The number of nitrogens with two attached hydrogens (primary N) is 1. The van der Waals surface area contributed by atoms with Crippen molar-refractivity contribution >= 4 is 39.1 Å². The van der Waals surface area contributed by atoms with Gasteiger partial charge in [0.05, 0.1) is 50.4 Å². The molecule has 1 aliphatic heterocycles. The van der Waals surface area contributed by atoms with Crippen LogP contribution in [-0.2, 0) is 9.59 Å². The molecule has 3 aromatic carbocycles. The van der Waals surface area contributed by atoms with E-state index in [4.69, 9.17) is 29.4 Å². The number of benzene rings is 3. The Bertz CT molecular complexity index is 1840. The number of methoxy groups -OCH3 is 4. The van der Waals surface area contributed by atoms with E-state index in [9.17, 15) is 22.8 Å². The van der Waals surface area contributed by atoms with Crippen molar-refractivity contribution in [2.75, 3.05) is 28.4 Å². The van der Waals surface area contributed by atoms with Crippen LogP contribution in [0.4, 0.5) is 13.2 Å². The quantitative estimate of drug-likeness (QED) is 0.217. The minimum Gasteiger partial charge on any atom is -0.493 e. The van der Waals surface area contributed by atoms with Gasteiger partial charge in [0.15, 0.2) is 23.0 Å². The summed E-state index contributed by atoms with van der Waals surface area (Å²) >= 11 is 0.921. The molecule has 2 atom stereocenters. The fraction of sp³-hybridized carbons (Fsp3) is 0.290. The van der Waals surface area contributed by atoms with Crippen molar-refractivity contribution in [2.45, 2.75) is 31.9 Å². The number of primary amides is 1. The molecule has 47 heavy (non-hydrogen) atoms. The van der Waals surface area contributed by atoms with Crippen LogP contribution in [0.15, 0.2) is 53.6 Å². The second-order valence-corrected chi connectivity index (χ2v) is 11.1. The van der Waals surface area contributed by atoms with Gasteiger partial charge in [0.1, 0.15) is 10.8 Å². The molecule has 2 N–H and O–H groups in total. The Hall–Kier alpha value is -5.25. The maximum atomic E-state index is 12.8. The molecule has 5 rings (SSSR count). The van der Waals surface area contributed by atoms with E-state index in [0.717, 1.165) is 23.5 Å². The summed E-state index contributed by atoms with van der Waals surface area (Å²) in [4.78, 5) is 29.7. The highest BCUT2D eigenvalue weighted by Crippen LogP contribution is 2.43. The van der Waals surface area contributed by atoms with Crippen molar-refractivity contribution in [3.05, 3.63) is 64.7 Å². The lowest BCUT2D eigenvalue weighted by atomic mass is 9.97. The van der Waals surface area contributed by atoms with Crippen LogP contribution in [0.5, 0.6) is 34.5 Å². The van der Waals surface area contributed by atoms with Gasteiger partial charge in [0.25, 0.3) is 5.91 Å². The minimum absolute atomic E-state index is 0.100. The van der Waals surface area contributed by atoms with Crippen molar-refractivity contribution in [2.24, 2.45) is 10.8 Å². The number of aromatic nitrogens is 1. The first kappa shape index (κ1) is 33.1. The first-order valence-corrected chi connectivity index (χ1v) is 14.6. The third-order valence-corrected chi connectivity index (χ3v) is 8.20. The van der Waals surface area contributed by atoms with E-state index in [0.29, 0.717) is 50.7 Å². The Morgan fingerprint density at radius 3 is 2.19 bits per heavy atom. The Morgan fingerprint density at radius 1 is 0.936 bits per heavy atom. The number of fused-ring (bicyclic) bond motifs is 1. The van der Waals surface area contributed by atoms with Crippen LogP contribution in [-0.4, -0.2) is 62.3 Å². The third kappa shape index (κ3) is 6.96. The van der Waals surface area contributed by atoms with Gasteiger partial charge in [0.2, 0.25) is 17.8 Å².